The van der Waals surface area contributed by atoms with Crippen LogP contribution in [0.5, 0.6) is 0 Å². The summed E-state index contributed by atoms with van der Waals surface area (Å²) in [7, 11) is 0. The van der Waals surface area contributed by atoms with Gasteiger partial charge >= 0.3 is 11.9 Å². The van der Waals surface area contributed by atoms with Crippen LogP contribution in [0.4, 0.5) is 0 Å². The number of likely N-dealkylation sites (tertiary alicyclic amines) is 1. The Balaban J connectivity index is 1.58. The molecule has 47 heavy (non-hydrogen) atoms. The molecular formula is C35H46N4O8. The van der Waals surface area contributed by atoms with Gasteiger partial charge in [0, 0.05) is 12.1 Å². The molecule has 0 saturated carbocycles. The van der Waals surface area contributed by atoms with Gasteiger partial charge in [-0.05, 0) is 36.7 Å². The van der Waals surface area contributed by atoms with Crippen molar-refractivity contribution in [1.29, 1.82) is 0 Å². The summed E-state index contributed by atoms with van der Waals surface area (Å²) in [6, 6.07) is 13.3. The van der Waals surface area contributed by atoms with E-state index in [2.05, 4.69) is 10.6 Å². The fourth-order valence-corrected chi connectivity index (χ4v) is 5.26. The molecule has 2 aromatic carbocycles. The number of carbonyl (C=O) groups excluding carboxylic acids is 6. The van der Waals surface area contributed by atoms with E-state index in [1.165, 1.54) is 4.90 Å². The van der Waals surface area contributed by atoms with E-state index in [0.717, 1.165) is 5.56 Å². The van der Waals surface area contributed by atoms with Crippen LogP contribution in [0.3, 0.4) is 0 Å². The first-order valence-electron chi connectivity index (χ1n) is 16.0. The number of hydrogen-bond donors (Lipinski definition) is 3. The number of hydrogen-bond acceptors (Lipinski definition) is 9. The number of carbonyl (C=O) groups is 6. The van der Waals surface area contributed by atoms with Crippen molar-refractivity contribution in [2.24, 2.45) is 17.6 Å². The minimum absolute atomic E-state index is 0.00246. The lowest BCUT2D eigenvalue weighted by atomic mass is 10.00. The molecule has 0 bridgehead atoms. The highest BCUT2D eigenvalue weighted by molar-refractivity contribution is 5.98. The van der Waals surface area contributed by atoms with Crippen LogP contribution in [0.25, 0.3) is 0 Å². The molecule has 0 radical (unpaired) electrons. The summed E-state index contributed by atoms with van der Waals surface area (Å²) < 4.78 is 10.5. The van der Waals surface area contributed by atoms with Crippen molar-refractivity contribution in [3.05, 3.63) is 71.8 Å². The average molecular weight is 651 g/mol. The van der Waals surface area contributed by atoms with Crippen molar-refractivity contribution < 1.29 is 38.2 Å². The van der Waals surface area contributed by atoms with Crippen molar-refractivity contribution >= 4 is 35.4 Å². The van der Waals surface area contributed by atoms with Crippen molar-refractivity contribution in [1.82, 2.24) is 15.5 Å². The van der Waals surface area contributed by atoms with Crippen LogP contribution in [0, 0.1) is 11.8 Å². The number of nitrogens with zero attached hydrogens (tertiary/aromatic N) is 1. The molecule has 3 rings (SSSR count). The lowest BCUT2D eigenvalue weighted by Gasteiger charge is -2.30. The molecule has 4 atom stereocenters. The molecule has 1 aliphatic rings. The minimum Gasteiger partial charge on any atom is -0.461 e. The molecule has 1 heterocycles. The standard InChI is InChI=1S/C35H46N4O8/c1-22(2)18-27(35(45)47-21-29(40)25-14-9-6-10-15-25)37-33(43)31(23(3)4)38-32(42)28-16-11-17-39(28)34(44)26(36)19-30(41)46-20-24-12-7-5-8-13-24/h5-10,12-15,22-23,26-28,31H,11,16-21,36H2,1-4H3,(H,37,43)(H,38,42)/t26-,27+,28+,31-/m1/s1. The molecule has 1 aliphatic heterocycles. The molecule has 4 N–H and O–H groups in total. The van der Waals surface area contributed by atoms with Gasteiger partial charge in [0.25, 0.3) is 0 Å². The van der Waals surface area contributed by atoms with Gasteiger partial charge in [0.05, 0.1) is 12.5 Å². The summed E-state index contributed by atoms with van der Waals surface area (Å²) in [5.41, 5.74) is 7.27. The molecule has 0 unspecified atom stereocenters. The number of benzene rings is 2. The molecule has 1 fully saturated rings. The maximum absolute atomic E-state index is 13.4. The van der Waals surface area contributed by atoms with Gasteiger partial charge in [-0.1, -0.05) is 88.4 Å². The highest BCUT2D eigenvalue weighted by Gasteiger charge is 2.39. The molecule has 12 nitrogen and oxygen atoms in total. The Kier molecular flexibility index (Phi) is 14.1. The Hall–Kier alpha value is -4.58. The van der Waals surface area contributed by atoms with Crippen molar-refractivity contribution in [2.75, 3.05) is 13.2 Å². The van der Waals surface area contributed by atoms with E-state index >= 15 is 0 Å². The van der Waals surface area contributed by atoms with E-state index in [9.17, 15) is 28.8 Å². The van der Waals surface area contributed by atoms with E-state index in [0.29, 0.717) is 18.4 Å². The van der Waals surface area contributed by atoms with Crippen LogP contribution in [0.1, 0.15) is 69.3 Å². The van der Waals surface area contributed by atoms with Gasteiger partial charge < -0.3 is 30.7 Å². The Morgan fingerprint density at radius 3 is 2.15 bits per heavy atom. The maximum atomic E-state index is 13.4. The van der Waals surface area contributed by atoms with Gasteiger partial charge in [-0.3, -0.25) is 24.0 Å². The topological polar surface area (TPSA) is 174 Å². The third-order valence-electron chi connectivity index (χ3n) is 7.78. The van der Waals surface area contributed by atoms with E-state index in [4.69, 9.17) is 15.2 Å². The highest BCUT2D eigenvalue weighted by atomic mass is 16.5. The minimum atomic E-state index is -1.20. The summed E-state index contributed by atoms with van der Waals surface area (Å²) in [4.78, 5) is 79.2. The predicted molar refractivity (Wildman–Crippen MR) is 173 cm³/mol. The second-order valence-electron chi connectivity index (χ2n) is 12.5. The van der Waals surface area contributed by atoms with Gasteiger partial charge in [-0.25, -0.2) is 4.79 Å². The Labute approximate surface area is 275 Å². The van der Waals surface area contributed by atoms with Gasteiger partial charge in [0.2, 0.25) is 17.7 Å². The van der Waals surface area contributed by atoms with Gasteiger partial charge in [0.15, 0.2) is 12.4 Å². The van der Waals surface area contributed by atoms with Gasteiger partial charge in [0.1, 0.15) is 24.7 Å². The SMILES string of the molecule is CC(C)C[C@H](NC(=O)[C@H](NC(=O)[C@@H]1CCCN1C(=O)[C@H](N)CC(=O)OCc1ccccc1)C(C)C)C(=O)OCC(=O)c1ccccc1. The molecular weight excluding hydrogens is 604 g/mol. The smallest absolute Gasteiger partial charge is 0.329 e. The van der Waals surface area contributed by atoms with Crippen LogP contribution < -0.4 is 16.4 Å². The second-order valence-corrected chi connectivity index (χ2v) is 12.5. The fraction of sp³-hybridized carbons (Fsp3) is 0.486. The molecule has 0 aliphatic carbocycles. The molecule has 0 spiro atoms. The first-order chi connectivity index (χ1) is 22.4. The van der Waals surface area contributed by atoms with E-state index < -0.39 is 60.4 Å². The van der Waals surface area contributed by atoms with Crippen molar-refractivity contribution in [3.8, 4) is 0 Å². The van der Waals surface area contributed by atoms with E-state index in [1.807, 2.05) is 44.2 Å². The monoisotopic (exact) mass is 650 g/mol. The van der Waals surface area contributed by atoms with Gasteiger partial charge in [-0.2, -0.15) is 0 Å². The van der Waals surface area contributed by atoms with Crippen LogP contribution in [-0.4, -0.2) is 77.7 Å². The fourth-order valence-electron chi connectivity index (χ4n) is 5.26. The maximum Gasteiger partial charge on any atom is 0.329 e. The molecule has 2 aromatic rings. The number of nitrogens with one attached hydrogen (secondary N) is 2. The number of nitrogens with two attached hydrogens (primary N) is 1. The first kappa shape index (κ1) is 36.9. The van der Waals surface area contributed by atoms with Crippen LogP contribution in [0.15, 0.2) is 60.7 Å². The first-order valence-corrected chi connectivity index (χ1v) is 16.0. The van der Waals surface area contributed by atoms with Crippen molar-refractivity contribution in [2.45, 2.75) is 84.2 Å². The zero-order valence-corrected chi connectivity index (χ0v) is 27.5. The third-order valence-corrected chi connectivity index (χ3v) is 7.78. The summed E-state index contributed by atoms with van der Waals surface area (Å²) in [5, 5.41) is 5.44. The van der Waals surface area contributed by atoms with E-state index in [1.54, 1.807) is 44.2 Å². The number of amides is 3. The second kappa shape index (κ2) is 17.9. The largest absolute Gasteiger partial charge is 0.461 e. The number of esters is 2. The summed E-state index contributed by atoms with van der Waals surface area (Å²) in [5.74, 6) is -3.84. The normalized spacial score (nSPS) is 16.2. The van der Waals surface area contributed by atoms with Crippen LogP contribution in [-0.2, 0) is 40.1 Å². The van der Waals surface area contributed by atoms with E-state index in [-0.39, 0.29) is 43.6 Å². The lowest BCUT2D eigenvalue weighted by Crippen LogP contribution is -2.58. The molecule has 254 valence electrons. The zero-order chi connectivity index (χ0) is 34.5. The van der Waals surface area contributed by atoms with Crippen molar-refractivity contribution in [3.63, 3.8) is 0 Å². The third kappa shape index (κ3) is 11.3. The molecule has 12 heteroatoms. The van der Waals surface area contributed by atoms with Crippen LogP contribution >= 0.6 is 0 Å². The summed E-state index contributed by atoms with van der Waals surface area (Å²) in [6.45, 7) is 7.09. The highest BCUT2D eigenvalue weighted by Crippen LogP contribution is 2.20. The Morgan fingerprint density at radius 2 is 1.53 bits per heavy atom. The zero-order valence-electron chi connectivity index (χ0n) is 27.5. The molecule has 1 saturated heterocycles. The number of rotatable bonds is 16. The summed E-state index contributed by atoms with van der Waals surface area (Å²) in [6.07, 6.45) is 0.793. The molecule has 0 aromatic heterocycles. The Bertz CT molecular complexity index is 1380. The lowest BCUT2D eigenvalue weighted by molar-refractivity contribution is -0.149. The molecule has 3 amide bonds. The summed E-state index contributed by atoms with van der Waals surface area (Å²) >= 11 is 0. The number of Topliss-reactive ketones (excluding diaryl/α,β-unsaturated/α-hetero) is 1. The predicted octanol–water partition coefficient (Wildman–Crippen LogP) is 2.54. The number of ketones is 1. The van der Waals surface area contributed by atoms with Gasteiger partial charge in [-0.15, -0.1) is 0 Å². The average Bonchev–Trinajstić information content (AvgIpc) is 3.55. The Morgan fingerprint density at radius 1 is 0.894 bits per heavy atom. The number of ether oxygens (including phenoxy) is 2. The van der Waals surface area contributed by atoms with Crippen LogP contribution in [0.2, 0.25) is 0 Å². The quantitative estimate of drug-likeness (QED) is 0.182.